The summed E-state index contributed by atoms with van der Waals surface area (Å²) in [5.41, 5.74) is 3.64. The fourth-order valence-corrected chi connectivity index (χ4v) is 3.92. The van der Waals surface area contributed by atoms with Crippen molar-refractivity contribution in [3.8, 4) is 5.75 Å². The number of carbonyl (C=O) groups is 1. The third-order valence-corrected chi connectivity index (χ3v) is 5.08. The highest BCUT2D eigenvalue weighted by atomic mass is 16.3. The molecule has 1 aromatic heterocycles. The maximum Gasteiger partial charge on any atom is 0.272 e. The van der Waals surface area contributed by atoms with Crippen molar-refractivity contribution < 1.29 is 9.90 Å². The summed E-state index contributed by atoms with van der Waals surface area (Å²) in [6.07, 6.45) is 4.82. The molecule has 1 aromatic carbocycles. The Bertz CT molecular complexity index is 779. The molecule has 0 saturated heterocycles. The molecule has 0 unspecified atom stereocenters. The molecule has 2 aromatic rings. The van der Waals surface area contributed by atoms with Gasteiger partial charge in [-0.1, -0.05) is 12.1 Å². The van der Waals surface area contributed by atoms with E-state index in [-0.39, 0.29) is 11.9 Å². The van der Waals surface area contributed by atoms with Gasteiger partial charge in [0.2, 0.25) is 0 Å². The predicted molar refractivity (Wildman–Crippen MR) is 86.5 cm³/mol. The van der Waals surface area contributed by atoms with Gasteiger partial charge in [0.1, 0.15) is 17.3 Å². The summed E-state index contributed by atoms with van der Waals surface area (Å²) in [4.78, 5) is 17.2. The van der Waals surface area contributed by atoms with Crippen LogP contribution in [0, 0.1) is 6.92 Å². The zero-order chi connectivity index (χ0) is 16.0. The van der Waals surface area contributed by atoms with E-state index in [0.717, 1.165) is 61.3 Å². The molecule has 120 valence electrons. The number of aromatic nitrogens is 2. The first-order chi connectivity index (χ1) is 11.1. The van der Waals surface area contributed by atoms with Crippen molar-refractivity contribution in [3.05, 3.63) is 46.5 Å². The number of imidazole rings is 1. The predicted octanol–water partition coefficient (Wildman–Crippen LogP) is 2.65. The first kappa shape index (κ1) is 14.3. The first-order valence-electron chi connectivity index (χ1n) is 8.33. The van der Waals surface area contributed by atoms with Crippen LogP contribution < -0.4 is 5.32 Å². The maximum atomic E-state index is 12.7. The molecule has 5 nitrogen and oxygen atoms in total. The van der Waals surface area contributed by atoms with Gasteiger partial charge >= 0.3 is 0 Å². The molecule has 2 aliphatic rings. The summed E-state index contributed by atoms with van der Waals surface area (Å²) in [5, 5.41) is 13.0. The smallest absolute Gasteiger partial charge is 0.272 e. The Morgan fingerprint density at radius 2 is 2.22 bits per heavy atom. The third kappa shape index (κ3) is 2.31. The molecule has 4 rings (SSSR count). The number of nitrogens with zero attached hydrogens (tertiary/aromatic N) is 2. The Labute approximate surface area is 135 Å². The van der Waals surface area contributed by atoms with Crippen molar-refractivity contribution in [1.29, 1.82) is 0 Å². The summed E-state index contributed by atoms with van der Waals surface area (Å²) in [7, 11) is 0. The molecule has 1 amide bonds. The number of carbonyl (C=O) groups excluding carboxylic acids is 1. The molecule has 0 spiro atoms. The van der Waals surface area contributed by atoms with E-state index in [4.69, 9.17) is 0 Å². The highest BCUT2D eigenvalue weighted by Crippen LogP contribution is 2.36. The summed E-state index contributed by atoms with van der Waals surface area (Å²) in [6, 6.07) is 5.49. The number of nitrogens with one attached hydrogen (secondary N) is 1. The van der Waals surface area contributed by atoms with Gasteiger partial charge in [0, 0.05) is 6.54 Å². The van der Waals surface area contributed by atoms with E-state index in [1.54, 1.807) is 6.07 Å². The topological polar surface area (TPSA) is 67.2 Å². The number of phenolic OH excluding ortho intramolecular Hbond substituents is 1. The van der Waals surface area contributed by atoms with Crippen molar-refractivity contribution in [2.45, 2.75) is 51.6 Å². The Kier molecular flexibility index (Phi) is 3.36. The van der Waals surface area contributed by atoms with E-state index >= 15 is 0 Å². The lowest BCUT2D eigenvalue weighted by molar-refractivity contribution is 0.0930. The van der Waals surface area contributed by atoms with Gasteiger partial charge in [0.15, 0.2) is 0 Å². The van der Waals surface area contributed by atoms with Crippen molar-refractivity contribution in [3.63, 3.8) is 0 Å². The number of aryl methyl sites for hydroxylation is 1. The molecule has 1 atom stereocenters. The zero-order valence-electron chi connectivity index (χ0n) is 13.3. The third-order valence-electron chi connectivity index (χ3n) is 5.08. The van der Waals surface area contributed by atoms with Gasteiger partial charge in [-0.2, -0.15) is 0 Å². The fourth-order valence-electron chi connectivity index (χ4n) is 3.92. The molecule has 0 saturated carbocycles. The first-order valence-corrected chi connectivity index (χ1v) is 8.33. The molecule has 2 heterocycles. The Balaban J connectivity index is 1.60. The lowest BCUT2D eigenvalue weighted by atomic mass is 10.1. The van der Waals surface area contributed by atoms with Crippen molar-refractivity contribution in [2.75, 3.05) is 0 Å². The highest BCUT2D eigenvalue weighted by molar-refractivity contribution is 5.94. The average molecular weight is 311 g/mol. The molecule has 23 heavy (non-hydrogen) atoms. The van der Waals surface area contributed by atoms with Crippen LogP contribution in [-0.4, -0.2) is 20.6 Å². The monoisotopic (exact) mass is 311 g/mol. The number of benzene rings is 1. The average Bonchev–Trinajstić information content (AvgIpc) is 3.11. The van der Waals surface area contributed by atoms with Gasteiger partial charge < -0.3 is 15.0 Å². The molecular formula is C18H21N3O2. The summed E-state index contributed by atoms with van der Waals surface area (Å²) < 4.78 is 2.17. The highest BCUT2D eigenvalue weighted by Gasteiger charge is 2.29. The van der Waals surface area contributed by atoms with Crippen molar-refractivity contribution in [1.82, 2.24) is 14.9 Å². The quantitative estimate of drug-likeness (QED) is 0.896. The fraction of sp³-hybridized carbons (Fsp3) is 0.444. The summed E-state index contributed by atoms with van der Waals surface area (Å²) in [6.45, 7) is 2.93. The van der Waals surface area contributed by atoms with Gasteiger partial charge in [-0.15, -0.1) is 0 Å². The van der Waals surface area contributed by atoms with Gasteiger partial charge in [-0.25, -0.2) is 4.98 Å². The lowest BCUT2D eigenvalue weighted by Crippen LogP contribution is -2.28. The second-order valence-corrected chi connectivity index (χ2v) is 6.47. The summed E-state index contributed by atoms with van der Waals surface area (Å²) in [5.74, 6) is 1.16. The van der Waals surface area contributed by atoms with Crippen LogP contribution in [0.1, 0.15) is 58.4 Å². The number of hydrogen-bond donors (Lipinski definition) is 2. The lowest BCUT2D eigenvalue weighted by Gasteiger charge is -2.17. The van der Waals surface area contributed by atoms with Crippen LogP contribution in [0.5, 0.6) is 5.75 Å². The Hall–Kier alpha value is -2.30. The van der Waals surface area contributed by atoms with E-state index in [1.165, 1.54) is 0 Å². The minimum atomic E-state index is -0.0926. The second kappa shape index (κ2) is 5.41. The van der Waals surface area contributed by atoms with E-state index in [1.807, 2.05) is 19.1 Å². The zero-order valence-corrected chi connectivity index (χ0v) is 13.3. The minimum absolute atomic E-state index is 0.0363. The molecule has 5 heteroatoms. The summed E-state index contributed by atoms with van der Waals surface area (Å²) >= 11 is 0. The molecule has 1 aliphatic heterocycles. The van der Waals surface area contributed by atoms with E-state index < -0.39 is 0 Å². The van der Waals surface area contributed by atoms with Gasteiger partial charge in [-0.05, 0) is 56.2 Å². The van der Waals surface area contributed by atoms with Crippen LogP contribution in [0.4, 0.5) is 0 Å². The minimum Gasteiger partial charge on any atom is -0.508 e. The number of rotatable bonds is 2. The van der Waals surface area contributed by atoms with E-state index in [9.17, 15) is 9.90 Å². The molecule has 2 N–H and O–H groups in total. The molecule has 0 radical (unpaired) electrons. The second-order valence-electron chi connectivity index (χ2n) is 6.47. The number of aromatic hydroxyl groups is 1. The standard InChI is InChI=1S/C18H21N3O2/c1-11-19-17(15-6-2-3-10-21(11)15)18(23)20-14-9-8-13-12(14)5-4-7-16(13)22/h4-5,7,14,22H,2-3,6,8-10H2,1H3,(H,20,23)/t14-/m1/s1. The number of fused-ring (bicyclic) bond motifs is 2. The van der Waals surface area contributed by atoms with Crippen LogP contribution in [0.25, 0.3) is 0 Å². The number of hydrogen-bond acceptors (Lipinski definition) is 3. The van der Waals surface area contributed by atoms with Crippen LogP contribution in [0.2, 0.25) is 0 Å². The van der Waals surface area contributed by atoms with Crippen LogP contribution in [0.3, 0.4) is 0 Å². The van der Waals surface area contributed by atoms with Crippen LogP contribution in [-0.2, 0) is 19.4 Å². The van der Waals surface area contributed by atoms with Gasteiger partial charge in [0.25, 0.3) is 5.91 Å². The SMILES string of the molecule is Cc1nc(C(=O)N[C@@H]2CCc3c(O)cccc32)c2n1CCCC2. The molecule has 0 fully saturated rings. The molecule has 0 bridgehead atoms. The van der Waals surface area contributed by atoms with E-state index in [0.29, 0.717) is 11.4 Å². The number of amides is 1. The van der Waals surface area contributed by atoms with Gasteiger partial charge in [-0.3, -0.25) is 4.79 Å². The maximum absolute atomic E-state index is 12.7. The largest absolute Gasteiger partial charge is 0.508 e. The molecule has 1 aliphatic carbocycles. The Morgan fingerprint density at radius 3 is 3.09 bits per heavy atom. The Morgan fingerprint density at radius 1 is 1.35 bits per heavy atom. The number of phenols is 1. The molecular weight excluding hydrogens is 290 g/mol. The van der Waals surface area contributed by atoms with Crippen LogP contribution in [0.15, 0.2) is 18.2 Å². The van der Waals surface area contributed by atoms with Crippen LogP contribution >= 0.6 is 0 Å². The van der Waals surface area contributed by atoms with Crippen molar-refractivity contribution >= 4 is 5.91 Å². The van der Waals surface area contributed by atoms with Crippen molar-refractivity contribution in [2.24, 2.45) is 0 Å². The van der Waals surface area contributed by atoms with E-state index in [2.05, 4.69) is 14.9 Å². The normalized spacial score (nSPS) is 19.3. The van der Waals surface area contributed by atoms with Gasteiger partial charge in [0.05, 0.1) is 11.7 Å².